The fourth-order valence-electron chi connectivity index (χ4n) is 3.02. The first-order chi connectivity index (χ1) is 11.4. The van der Waals surface area contributed by atoms with Crippen LogP contribution in [0.4, 0.5) is 0 Å². The molecule has 0 saturated carbocycles. The van der Waals surface area contributed by atoms with Crippen LogP contribution in [0.2, 0.25) is 0 Å². The van der Waals surface area contributed by atoms with Crippen molar-refractivity contribution in [1.82, 2.24) is 0 Å². The molecule has 0 amide bonds. The molecule has 1 rings (SSSR count). The molecule has 0 radical (unpaired) electrons. The van der Waals surface area contributed by atoms with Gasteiger partial charge in [0.25, 0.3) is 0 Å². The summed E-state index contributed by atoms with van der Waals surface area (Å²) in [6, 6.07) is 3.92. The summed E-state index contributed by atoms with van der Waals surface area (Å²) in [6.45, 7) is 20.0. The van der Waals surface area contributed by atoms with Gasteiger partial charge in [0.15, 0.2) is 0 Å². The van der Waals surface area contributed by atoms with Gasteiger partial charge in [0.05, 0.1) is 0 Å². The summed E-state index contributed by atoms with van der Waals surface area (Å²) in [5, 5.41) is 10.9. The van der Waals surface area contributed by atoms with Crippen molar-refractivity contribution in [3.63, 3.8) is 0 Å². The lowest BCUT2D eigenvalue weighted by molar-refractivity contribution is 0.0889. The monoisotopic (exact) mass is 362 g/mol. The van der Waals surface area contributed by atoms with Crippen LogP contribution in [0.15, 0.2) is 37.4 Å². The number of phenols is 1. The van der Waals surface area contributed by atoms with Crippen molar-refractivity contribution in [2.75, 3.05) is 0 Å². The minimum atomic E-state index is -0.819. The predicted octanol–water partition coefficient (Wildman–Crippen LogP) is 6.56. The van der Waals surface area contributed by atoms with E-state index >= 15 is 0 Å². The lowest BCUT2D eigenvalue weighted by Crippen LogP contribution is -2.28. The van der Waals surface area contributed by atoms with Crippen molar-refractivity contribution < 1.29 is 14.2 Å². The number of hydrogen-bond acceptors (Lipinski definition) is 3. The van der Waals surface area contributed by atoms with Crippen molar-refractivity contribution in [2.45, 2.75) is 70.8 Å². The Bertz CT molecular complexity index is 587. The first kappa shape index (κ1) is 21.6. The highest BCUT2D eigenvalue weighted by Gasteiger charge is 2.36. The molecule has 0 spiro atoms. The topological polar surface area (TPSA) is 46.5 Å². The van der Waals surface area contributed by atoms with E-state index in [1.165, 1.54) is 0 Å². The fraction of sp³-hybridized carbons (Fsp3) is 0.524. The van der Waals surface area contributed by atoms with Crippen LogP contribution < -0.4 is 0 Å². The van der Waals surface area contributed by atoms with Crippen LogP contribution in [0.5, 0.6) is 5.75 Å². The zero-order valence-electron chi connectivity index (χ0n) is 16.3. The molecular weight excluding hydrogens is 331 g/mol. The van der Waals surface area contributed by atoms with E-state index in [-0.39, 0.29) is 10.8 Å². The molecule has 0 aliphatic carbocycles. The maximum Gasteiger partial charge on any atom is 0.328 e. The highest BCUT2D eigenvalue weighted by atomic mass is 31.1. The average molecular weight is 362 g/mol. The molecule has 0 aliphatic rings. The van der Waals surface area contributed by atoms with Crippen LogP contribution in [0.3, 0.4) is 0 Å². The zero-order chi connectivity index (χ0) is 19.5. The van der Waals surface area contributed by atoms with Crippen LogP contribution in [-0.4, -0.2) is 5.11 Å². The molecule has 0 bridgehead atoms. The first-order valence-electron chi connectivity index (χ1n) is 8.54. The summed E-state index contributed by atoms with van der Waals surface area (Å²) in [6.07, 6.45) is 4.50. The van der Waals surface area contributed by atoms with Crippen LogP contribution in [0.25, 0.3) is 0 Å². The van der Waals surface area contributed by atoms with Gasteiger partial charge in [-0.1, -0.05) is 53.7 Å². The lowest BCUT2D eigenvalue weighted by Gasteiger charge is -2.34. The molecule has 4 heteroatoms. The molecule has 0 fully saturated rings. The molecule has 0 heterocycles. The Labute approximate surface area is 154 Å². The van der Waals surface area contributed by atoms with Crippen molar-refractivity contribution in [2.24, 2.45) is 0 Å². The van der Waals surface area contributed by atoms with E-state index in [2.05, 4.69) is 54.7 Å². The summed E-state index contributed by atoms with van der Waals surface area (Å²) in [5.74, 6) is 0.314. The smallest absolute Gasteiger partial charge is 0.328 e. The molecule has 0 atom stereocenters. The molecule has 138 valence electrons. The van der Waals surface area contributed by atoms with Crippen molar-refractivity contribution in [1.29, 1.82) is 0 Å². The first-order valence-corrected chi connectivity index (χ1v) is 9.27. The predicted molar refractivity (Wildman–Crippen MR) is 106 cm³/mol. The third-order valence-electron chi connectivity index (χ3n) is 4.41. The average Bonchev–Trinajstić information content (AvgIpc) is 2.45. The molecular formula is C21H31O3P. The summed E-state index contributed by atoms with van der Waals surface area (Å²) in [5.41, 5.74) is 1.26. The van der Waals surface area contributed by atoms with Gasteiger partial charge in [-0.3, -0.25) is 4.52 Å². The standard InChI is InChI=1S/C21H31O3P/c1-9-11-21(12-10-2,24-25-23)15-13-16(19(3,4)5)18(22)17(14-15)20(6,7)8/h9-10,13-14,22H,1-2,11-12H2,3-8H3. The minimum Gasteiger partial charge on any atom is -0.507 e. The normalized spacial score (nSPS) is 13.0. The van der Waals surface area contributed by atoms with Gasteiger partial charge >= 0.3 is 8.69 Å². The zero-order valence-corrected chi connectivity index (χ0v) is 17.2. The molecule has 0 unspecified atom stereocenters. The maximum absolute atomic E-state index is 11.3. The number of hydrogen-bond donors (Lipinski definition) is 1. The van der Waals surface area contributed by atoms with E-state index in [0.717, 1.165) is 16.7 Å². The van der Waals surface area contributed by atoms with Crippen LogP contribution in [-0.2, 0) is 25.5 Å². The number of aromatic hydroxyl groups is 1. The molecule has 0 aliphatic heterocycles. The highest BCUT2D eigenvalue weighted by Crippen LogP contribution is 2.45. The molecule has 1 aromatic rings. The Morgan fingerprint density at radius 3 is 1.68 bits per heavy atom. The molecule has 1 N–H and O–H groups in total. The van der Waals surface area contributed by atoms with Crippen molar-refractivity contribution >= 4 is 8.69 Å². The Morgan fingerprint density at radius 2 is 1.40 bits per heavy atom. The van der Waals surface area contributed by atoms with Gasteiger partial charge in [-0.25, -0.2) is 4.57 Å². The lowest BCUT2D eigenvalue weighted by atomic mass is 9.75. The van der Waals surface area contributed by atoms with E-state index in [4.69, 9.17) is 4.52 Å². The molecule has 1 aromatic carbocycles. The van der Waals surface area contributed by atoms with E-state index in [1.807, 2.05) is 12.1 Å². The van der Waals surface area contributed by atoms with Gasteiger partial charge in [-0.15, -0.1) is 13.2 Å². The van der Waals surface area contributed by atoms with Crippen molar-refractivity contribution in [3.05, 3.63) is 54.1 Å². The Balaban J connectivity index is 3.85. The highest BCUT2D eigenvalue weighted by molar-refractivity contribution is 7.17. The Hall–Kier alpha value is -1.44. The van der Waals surface area contributed by atoms with Crippen LogP contribution >= 0.6 is 8.69 Å². The number of rotatable bonds is 7. The van der Waals surface area contributed by atoms with E-state index < -0.39 is 14.3 Å². The van der Waals surface area contributed by atoms with Gasteiger partial charge in [-0.2, -0.15) is 0 Å². The third kappa shape index (κ3) is 4.80. The quantitative estimate of drug-likeness (QED) is 0.441. The Morgan fingerprint density at radius 1 is 1.00 bits per heavy atom. The third-order valence-corrected chi connectivity index (χ3v) is 4.84. The fourth-order valence-corrected chi connectivity index (χ4v) is 3.42. The second-order valence-electron chi connectivity index (χ2n) is 8.57. The van der Waals surface area contributed by atoms with Gasteiger partial charge in [0.1, 0.15) is 11.4 Å². The molecule has 0 saturated heterocycles. The van der Waals surface area contributed by atoms with Gasteiger partial charge in [-0.05, 0) is 52.5 Å². The number of phenolic OH excluding ortho intramolecular Hbond substituents is 1. The second kappa shape index (κ2) is 7.85. The molecule has 3 nitrogen and oxygen atoms in total. The van der Waals surface area contributed by atoms with Crippen LogP contribution in [0.1, 0.15) is 71.1 Å². The largest absolute Gasteiger partial charge is 0.507 e. The van der Waals surface area contributed by atoms with E-state index in [9.17, 15) is 9.67 Å². The van der Waals surface area contributed by atoms with Crippen molar-refractivity contribution in [3.8, 4) is 5.75 Å². The van der Waals surface area contributed by atoms with E-state index in [1.54, 1.807) is 12.2 Å². The molecule has 25 heavy (non-hydrogen) atoms. The maximum atomic E-state index is 11.3. The number of benzene rings is 1. The Kier molecular flexibility index (Phi) is 6.78. The van der Waals surface area contributed by atoms with Gasteiger partial charge < -0.3 is 5.11 Å². The summed E-state index contributed by atoms with van der Waals surface area (Å²) in [7, 11) is -0.392. The second-order valence-corrected chi connectivity index (χ2v) is 8.90. The van der Waals surface area contributed by atoms with Gasteiger partial charge in [0, 0.05) is 0 Å². The van der Waals surface area contributed by atoms with Crippen LogP contribution in [0, 0.1) is 0 Å². The SMILES string of the molecule is C=CCC(CC=C)(OP=O)c1cc(C(C)(C)C)c(O)c(C(C)(C)C)c1. The molecule has 0 aromatic heterocycles. The summed E-state index contributed by atoms with van der Waals surface area (Å²) < 4.78 is 17.0. The van der Waals surface area contributed by atoms with E-state index in [0.29, 0.717) is 18.6 Å². The van der Waals surface area contributed by atoms with Gasteiger partial charge in [0.2, 0.25) is 0 Å². The summed E-state index contributed by atoms with van der Waals surface area (Å²) in [4.78, 5) is 0. The minimum absolute atomic E-state index is 0.247. The summed E-state index contributed by atoms with van der Waals surface area (Å²) >= 11 is 0.